The van der Waals surface area contributed by atoms with Crippen LogP contribution in [0, 0.1) is 6.92 Å². The number of nitrogens with zero attached hydrogens (tertiary/aromatic N) is 1. The number of hydrogen-bond acceptors (Lipinski definition) is 4. The summed E-state index contributed by atoms with van der Waals surface area (Å²) in [6.07, 6.45) is 4.00. The zero-order chi connectivity index (χ0) is 22.4. The third-order valence-electron chi connectivity index (χ3n) is 6.99. The Morgan fingerprint density at radius 3 is 2.42 bits per heavy atom. The molecule has 0 aromatic heterocycles. The number of piperidine rings is 1. The lowest BCUT2D eigenvalue weighted by molar-refractivity contribution is -0.110. The van der Waals surface area contributed by atoms with E-state index in [1.807, 2.05) is 24.3 Å². The number of nitrogens with one attached hydrogen (secondary N) is 3. The number of benzene rings is 2. The molecule has 0 aliphatic carbocycles. The maximum atomic E-state index is 12.3. The van der Waals surface area contributed by atoms with Crippen molar-refractivity contribution in [2.45, 2.75) is 64.6 Å². The summed E-state index contributed by atoms with van der Waals surface area (Å²) >= 11 is 0. The Bertz CT molecular complexity index is 1020. The standard InChI is InChI=1S/C26H34N4O/c1-17-13-18(27-16-21-20-9-7-8-10-23(20)29-24(21)31)11-12-22(17)28-19-14-25(2,3)30(6)26(4,5)15-19/h7-13,16,19,27-28H,14-15H2,1-6H3,(H,29,31)/b21-16-. The van der Waals surface area contributed by atoms with E-state index < -0.39 is 0 Å². The van der Waals surface area contributed by atoms with E-state index in [0.29, 0.717) is 11.6 Å². The second-order valence-corrected chi connectivity index (χ2v) is 10.2. The molecule has 0 atom stereocenters. The van der Waals surface area contributed by atoms with Crippen LogP contribution < -0.4 is 16.0 Å². The van der Waals surface area contributed by atoms with Crippen LogP contribution in [0.1, 0.15) is 51.7 Å². The number of fused-ring (bicyclic) bond motifs is 1. The molecule has 2 aromatic carbocycles. The molecule has 31 heavy (non-hydrogen) atoms. The van der Waals surface area contributed by atoms with Crippen molar-refractivity contribution in [3.8, 4) is 0 Å². The highest BCUT2D eigenvalue weighted by atomic mass is 16.2. The highest BCUT2D eigenvalue weighted by molar-refractivity contribution is 6.31. The minimum atomic E-state index is -0.0730. The van der Waals surface area contributed by atoms with Crippen LogP contribution in [0.2, 0.25) is 0 Å². The molecule has 5 heteroatoms. The number of rotatable bonds is 4. The molecule has 2 heterocycles. The summed E-state index contributed by atoms with van der Waals surface area (Å²) in [6, 6.07) is 14.5. The van der Waals surface area contributed by atoms with Crippen LogP contribution in [0.3, 0.4) is 0 Å². The molecule has 0 radical (unpaired) electrons. The topological polar surface area (TPSA) is 56.4 Å². The van der Waals surface area contributed by atoms with Crippen LogP contribution in [-0.4, -0.2) is 35.0 Å². The van der Waals surface area contributed by atoms with Gasteiger partial charge in [0.05, 0.1) is 5.57 Å². The van der Waals surface area contributed by atoms with Gasteiger partial charge in [0.25, 0.3) is 5.91 Å². The molecule has 4 rings (SSSR count). The van der Waals surface area contributed by atoms with E-state index >= 15 is 0 Å². The first-order valence-corrected chi connectivity index (χ1v) is 11.1. The lowest BCUT2D eigenvalue weighted by Gasteiger charge is -2.54. The molecule has 3 N–H and O–H groups in total. The van der Waals surface area contributed by atoms with E-state index in [0.717, 1.165) is 29.8 Å². The first kappa shape index (κ1) is 21.4. The number of carbonyl (C=O) groups excluding carboxylic acids is 1. The van der Waals surface area contributed by atoms with Crippen LogP contribution in [-0.2, 0) is 4.79 Å². The molecule has 5 nitrogen and oxygen atoms in total. The summed E-state index contributed by atoms with van der Waals surface area (Å²) in [6.45, 7) is 11.4. The van der Waals surface area contributed by atoms with Crippen molar-refractivity contribution in [2.75, 3.05) is 23.0 Å². The van der Waals surface area contributed by atoms with E-state index in [-0.39, 0.29) is 17.0 Å². The van der Waals surface area contributed by atoms with Crippen molar-refractivity contribution in [3.05, 3.63) is 59.8 Å². The van der Waals surface area contributed by atoms with Gasteiger partial charge in [-0.15, -0.1) is 0 Å². The number of amides is 1. The number of aryl methyl sites for hydroxylation is 1. The molecule has 0 saturated carbocycles. The van der Waals surface area contributed by atoms with E-state index in [1.165, 1.54) is 11.3 Å². The van der Waals surface area contributed by atoms with Gasteiger partial charge in [-0.2, -0.15) is 0 Å². The predicted octanol–water partition coefficient (Wildman–Crippen LogP) is 5.46. The zero-order valence-electron chi connectivity index (χ0n) is 19.5. The fourth-order valence-electron chi connectivity index (χ4n) is 5.05. The third kappa shape index (κ3) is 4.19. The Hall–Kier alpha value is -2.79. The van der Waals surface area contributed by atoms with Crippen molar-refractivity contribution >= 4 is 28.5 Å². The van der Waals surface area contributed by atoms with Gasteiger partial charge < -0.3 is 16.0 Å². The van der Waals surface area contributed by atoms with Gasteiger partial charge in [-0.1, -0.05) is 18.2 Å². The SMILES string of the molecule is Cc1cc(N/C=C2\C(=O)Nc3ccccc32)ccc1NC1CC(C)(C)N(C)C(C)(C)C1. The molecular formula is C26H34N4O. The minimum Gasteiger partial charge on any atom is -0.382 e. The molecule has 0 spiro atoms. The fraction of sp³-hybridized carbons (Fsp3) is 0.423. The predicted molar refractivity (Wildman–Crippen MR) is 130 cm³/mol. The highest BCUT2D eigenvalue weighted by Gasteiger charge is 2.43. The Labute approximate surface area is 185 Å². The van der Waals surface area contributed by atoms with E-state index in [9.17, 15) is 4.79 Å². The second kappa shape index (κ2) is 7.72. The van der Waals surface area contributed by atoms with Gasteiger partial charge in [0.2, 0.25) is 0 Å². The number of hydrogen-bond donors (Lipinski definition) is 3. The highest BCUT2D eigenvalue weighted by Crippen LogP contribution is 2.38. The van der Waals surface area contributed by atoms with Crippen LogP contribution in [0.15, 0.2) is 48.7 Å². The number of anilines is 3. The molecule has 2 aromatic rings. The van der Waals surface area contributed by atoms with Gasteiger partial charge in [-0.25, -0.2) is 0 Å². The second-order valence-electron chi connectivity index (χ2n) is 10.2. The van der Waals surface area contributed by atoms with Crippen LogP contribution in [0.4, 0.5) is 17.1 Å². The minimum absolute atomic E-state index is 0.0730. The molecular weight excluding hydrogens is 384 g/mol. The van der Waals surface area contributed by atoms with Gasteiger partial charge in [0, 0.05) is 45.9 Å². The van der Waals surface area contributed by atoms with Crippen LogP contribution >= 0.6 is 0 Å². The van der Waals surface area contributed by atoms with Crippen molar-refractivity contribution in [1.29, 1.82) is 0 Å². The molecule has 1 amide bonds. The Kier molecular flexibility index (Phi) is 5.34. The summed E-state index contributed by atoms with van der Waals surface area (Å²) in [5.41, 5.74) is 6.08. The quantitative estimate of drug-likeness (QED) is 0.577. The molecule has 1 saturated heterocycles. The zero-order valence-corrected chi connectivity index (χ0v) is 19.5. The average Bonchev–Trinajstić information content (AvgIpc) is 3.01. The molecule has 164 valence electrons. The normalized spacial score (nSPS) is 21.6. The molecule has 0 unspecified atom stereocenters. The van der Waals surface area contributed by atoms with Crippen molar-refractivity contribution in [3.63, 3.8) is 0 Å². The van der Waals surface area contributed by atoms with Gasteiger partial charge >= 0.3 is 0 Å². The molecule has 0 bridgehead atoms. The fourth-order valence-corrected chi connectivity index (χ4v) is 5.05. The maximum absolute atomic E-state index is 12.3. The average molecular weight is 419 g/mol. The smallest absolute Gasteiger partial charge is 0.257 e. The maximum Gasteiger partial charge on any atom is 0.257 e. The van der Waals surface area contributed by atoms with E-state index in [1.54, 1.807) is 6.20 Å². The van der Waals surface area contributed by atoms with Crippen molar-refractivity contribution in [1.82, 2.24) is 4.90 Å². The van der Waals surface area contributed by atoms with Gasteiger partial charge in [-0.05, 0) is 84.3 Å². The van der Waals surface area contributed by atoms with Crippen molar-refractivity contribution in [2.24, 2.45) is 0 Å². The monoisotopic (exact) mass is 418 g/mol. The Morgan fingerprint density at radius 1 is 1.06 bits per heavy atom. The number of likely N-dealkylation sites (tertiary alicyclic amines) is 1. The number of carbonyl (C=O) groups is 1. The Balaban J connectivity index is 1.47. The summed E-state index contributed by atoms with van der Waals surface area (Å²) in [4.78, 5) is 14.8. The number of para-hydroxylation sites is 1. The Morgan fingerprint density at radius 2 is 1.74 bits per heavy atom. The molecule has 2 aliphatic rings. The van der Waals surface area contributed by atoms with Crippen LogP contribution in [0.5, 0.6) is 0 Å². The van der Waals surface area contributed by atoms with Gasteiger partial charge in [-0.3, -0.25) is 9.69 Å². The van der Waals surface area contributed by atoms with E-state index in [4.69, 9.17) is 0 Å². The first-order valence-electron chi connectivity index (χ1n) is 11.1. The van der Waals surface area contributed by atoms with Crippen LogP contribution in [0.25, 0.3) is 5.57 Å². The lowest BCUT2D eigenvalue weighted by atomic mass is 9.77. The summed E-state index contributed by atoms with van der Waals surface area (Å²) < 4.78 is 0. The largest absolute Gasteiger partial charge is 0.382 e. The summed E-state index contributed by atoms with van der Waals surface area (Å²) in [5, 5.41) is 10.0. The molecule has 1 fully saturated rings. The van der Waals surface area contributed by atoms with E-state index in [2.05, 4.69) is 80.7 Å². The first-order chi connectivity index (χ1) is 14.6. The van der Waals surface area contributed by atoms with Crippen molar-refractivity contribution < 1.29 is 4.79 Å². The molecule has 2 aliphatic heterocycles. The lowest BCUT2D eigenvalue weighted by Crippen LogP contribution is -2.61. The van der Waals surface area contributed by atoms with Gasteiger partial charge in [0.15, 0.2) is 0 Å². The summed E-state index contributed by atoms with van der Waals surface area (Å²) in [7, 11) is 2.24. The third-order valence-corrected chi connectivity index (χ3v) is 6.99. The van der Waals surface area contributed by atoms with Gasteiger partial charge in [0.1, 0.15) is 0 Å². The summed E-state index contributed by atoms with van der Waals surface area (Å²) in [5.74, 6) is -0.0730.